The van der Waals surface area contributed by atoms with Gasteiger partial charge in [-0.05, 0) is 18.8 Å². The van der Waals surface area contributed by atoms with E-state index in [0.29, 0.717) is 12.5 Å². The Morgan fingerprint density at radius 3 is 2.69 bits per heavy atom. The number of terminal acetylenes is 1. The topological polar surface area (TPSA) is 43.8 Å². The molecule has 0 spiro atoms. The number of rotatable bonds is 5. The molecule has 0 saturated carbocycles. The molecule has 0 atom stereocenters. The standard InChI is InChI=1S/C13H21N3/c1-5-7-12-15-11(9-10(3)4)13(14)16(12)8-6-2/h2,10H,5,7-9,14H2,1,3-4H3. The molecular weight excluding hydrogens is 198 g/mol. The summed E-state index contributed by atoms with van der Waals surface area (Å²) in [6.45, 7) is 6.98. The van der Waals surface area contributed by atoms with Gasteiger partial charge < -0.3 is 10.3 Å². The van der Waals surface area contributed by atoms with Crippen molar-refractivity contribution >= 4 is 5.82 Å². The first-order valence-electron chi connectivity index (χ1n) is 5.87. The van der Waals surface area contributed by atoms with Gasteiger partial charge in [-0.15, -0.1) is 6.42 Å². The molecular formula is C13H21N3. The van der Waals surface area contributed by atoms with Crippen molar-refractivity contribution in [3.63, 3.8) is 0 Å². The van der Waals surface area contributed by atoms with Gasteiger partial charge in [-0.2, -0.15) is 0 Å². The number of aryl methyl sites for hydroxylation is 1. The van der Waals surface area contributed by atoms with Crippen molar-refractivity contribution in [3.8, 4) is 12.3 Å². The third-order valence-corrected chi connectivity index (χ3v) is 2.49. The molecule has 0 bridgehead atoms. The summed E-state index contributed by atoms with van der Waals surface area (Å²) in [6, 6.07) is 0. The van der Waals surface area contributed by atoms with E-state index in [1.807, 2.05) is 4.57 Å². The van der Waals surface area contributed by atoms with E-state index in [9.17, 15) is 0 Å². The number of hydrogen-bond acceptors (Lipinski definition) is 2. The van der Waals surface area contributed by atoms with Crippen LogP contribution in [0.3, 0.4) is 0 Å². The first-order valence-corrected chi connectivity index (χ1v) is 5.87. The Balaban J connectivity index is 3.03. The molecule has 1 aromatic rings. The number of imidazole rings is 1. The smallest absolute Gasteiger partial charge is 0.127 e. The monoisotopic (exact) mass is 219 g/mol. The first kappa shape index (κ1) is 12.6. The van der Waals surface area contributed by atoms with E-state index in [0.717, 1.165) is 36.6 Å². The molecule has 0 aromatic carbocycles. The quantitative estimate of drug-likeness (QED) is 0.772. The Labute approximate surface area is 98.1 Å². The number of aromatic nitrogens is 2. The van der Waals surface area contributed by atoms with Gasteiger partial charge in [0.25, 0.3) is 0 Å². The van der Waals surface area contributed by atoms with Crippen LogP contribution in [0.4, 0.5) is 5.82 Å². The predicted octanol–water partition coefficient (Wildman–Crippen LogP) is 2.25. The lowest BCUT2D eigenvalue weighted by Gasteiger charge is -2.05. The summed E-state index contributed by atoms with van der Waals surface area (Å²) in [4.78, 5) is 4.60. The van der Waals surface area contributed by atoms with Crippen molar-refractivity contribution in [2.75, 3.05) is 5.73 Å². The highest BCUT2D eigenvalue weighted by atomic mass is 15.1. The van der Waals surface area contributed by atoms with E-state index in [-0.39, 0.29) is 0 Å². The zero-order chi connectivity index (χ0) is 12.1. The highest BCUT2D eigenvalue weighted by Crippen LogP contribution is 2.18. The Kier molecular flexibility index (Phi) is 4.42. The number of nitrogen functional groups attached to an aromatic ring is 1. The molecule has 1 aromatic heterocycles. The SMILES string of the molecule is C#CCn1c(CCC)nc(CC(C)C)c1N. The molecule has 0 radical (unpaired) electrons. The van der Waals surface area contributed by atoms with Gasteiger partial charge >= 0.3 is 0 Å². The van der Waals surface area contributed by atoms with Crippen LogP contribution in [0.5, 0.6) is 0 Å². The van der Waals surface area contributed by atoms with Gasteiger partial charge in [-0.25, -0.2) is 4.98 Å². The van der Waals surface area contributed by atoms with Crippen molar-refractivity contribution in [1.82, 2.24) is 9.55 Å². The Bertz CT molecular complexity index is 383. The first-order chi connectivity index (χ1) is 7.60. The minimum atomic E-state index is 0.520. The molecule has 0 amide bonds. The van der Waals surface area contributed by atoms with Gasteiger partial charge in [-0.3, -0.25) is 0 Å². The van der Waals surface area contributed by atoms with Crippen LogP contribution in [-0.2, 0) is 19.4 Å². The maximum atomic E-state index is 6.07. The molecule has 0 unspecified atom stereocenters. The predicted molar refractivity (Wildman–Crippen MR) is 68.0 cm³/mol. The molecule has 0 saturated heterocycles. The van der Waals surface area contributed by atoms with Gasteiger partial charge in [0.1, 0.15) is 11.6 Å². The van der Waals surface area contributed by atoms with Crippen LogP contribution in [0.2, 0.25) is 0 Å². The molecule has 1 heterocycles. The second kappa shape index (κ2) is 5.60. The summed E-state index contributed by atoms with van der Waals surface area (Å²) in [5.74, 6) is 4.96. The van der Waals surface area contributed by atoms with E-state index in [2.05, 4.69) is 31.7 Å². The summed E-state index contributed by atoms with van der Waals surface area (Å²) >= 11 is 0. The third kappa shape index (κ3) is 2.79. The average molecular weight is 219 g/mol. The van der Waals surface area contributed by atoms with Crippen molar-refractivity contribution < 1.29 is 0 Å². The summed E-state index contributed by atoms with van der Waals surface area (Å²) in [6.07, 6.45) is 8.26. The van der Waals surface area contributed by atoms with Crippen molar-refractivity contribution in [2.45, 2.75) is 46.6 Å². The summed E-state index contributed by atoms with van der Waals surface area (Å²) in [5, 5.41) is 0. The minimum absolute atomic E-state index is 0.520. The molecule has 1 rings (SSSR count). The lowest BCUT2D eigenvalue weighted by Crippen LogP contribution is -2.07. The number of nitrogens with two attached hydrogens (primary N) is 1. The second-order valence-electron chi connectivity index (χ2n) is 4.50. The zero-order valence-corrected chi connectivity index (χ0v) is 10.5. The largest absolute Gasteiger partial charge is 0.384 e. The summed E-state index contributed by atoms with van der Waals surface area (Å²) in [5.41, 5.74) is 7.07. The van der Waals surface area contributed by atoms with Crippen LogP contribution in [-0.4, -0.2) is 9.55 Å². The number of anilines is 1. The summed E-state index contributed by atoms with van der Waals surface area (Å²) in [7, 11) is 0. The van der Waals surface area contributed by atoms with Gasteiger partial charge in [0.15, 0.2) is 0 Å². The lowest BCUT2D eigenvalue weighted by atomic mass is 10.1. The molecule has 0 fully saturated rings. The average Bonchev–Trinajstić information content (AvgIpc) is 2.47. The van der Waals surface area contributed by atoms with Crippen LogP contribution in [0.1, 0.15) is 38.7 Å². The fraction of sp³-hybridized carbons (Fsp3) is 0.615. The van der Waals surface area contributed by atoms with Gasteiger partial charge in [-0.1, -0.05) is 26.7 Å². The second-order valence-corrected chi connectivity index (χ2v) is 4.50. The molecule has 16 heavy (non-hydrogen) atoms. The van der Waals surface area contributed by atoms with E-state index in [1.54, 1.807) is 0 Å². The highest BCUT2D eigenvalue weighted by Gasteiger charge is 2.14. The Morgan fingerprint density at radius 1 is 1.50 bits per heavy atom. The van der Waals surface area contributed by atoms with Crippen LogP contribution in [0, 0.1) is 18.3 Å². The molecule has 2 N–H and O–H groups in total. The van der Waals surface area contributed by atoms with Crippen LogP contribution in [0.25, 0.3) is 0 Å². The van der Waals surface area contributed by atoms with Crippen molar-refractivity contribution in [2.24, 2.45) is 5.92 Å². The van der Waals surface area contributed by atoms with Gasteiger partial charge in [0.05, 0.1) is 12.2 Å². The molecule has 88 valence electrons. The zero-order valence-electron chi connectivity index (χ0n) is 10.5. The fourth-order valence-electron chi connectivity index (χ4n) is 1.79. The van der Waals surface area contributed by atoms with Gasteiger partial charge in [0.2, 0.25) is 0 Å². The molecule has 0 aliphatic rings. The summed E-state index contributed by atoms with van der Waals surface area (Å²) < 4.78 is 1.96. The number of nitrogens with zero attached hydrogens (tertiary/aromatic N) is 2. The Hall–Kier alpha value is -1.43. The third-order valence-electron chi connectivity index (χ3n) is 2.49. The minimum Gasteiger partial charge on any atom is -0.384 e. The molecule has 3 heteroatoms. The molecule has 0 aliphatic heterocycles. The Morgan fingerprint density at radius 2 is 2.19 bits per heavy atom. The maximum absolute atomic E-state index is 6.07. The fourth-order valence-corrected chi connectivity index (χ4v) is 1.79. The van der Waals surface area contributed by atoms with Crippen LogP contribution < -0.4 is 5.73 Å². The van der Waals surface area contributed by atoms with E-state index >= 15 is 0 Å². The maximum Gasteiger partial charge on any atom is 0.127 e. The van der Waals surface area contributed by atoms with Crippen molar-refractivity contribution in [3.05, 3.63) is 11.5 Å². The normalized spacial score (nSPS) is 10.7. The van der Waals surface area contributed by atoms with E-state index in [4.69, 9.17) is 12.2 Å². The number of hydrogen-bond donors (Lipinski definition) is 1. The molecule has 0 aliphatic carbocycles. The van der Waals surface area contributed by atoms with E-state index in [1.165, 1.54) is 0 Å². The van der Waals surface area contributed by atoms with Gasteiger partial charge in [0, 0.05) is 6.42 Å². The lowest BCUT2D eigenvalue weighted by molar-refractivity contribution is 0.637. The molecule has 3 nitrogen and oxygen atoms in total. The van der Waals surface area contributed by atoms with Crippen LogP contribution >= 0.6 is 0 Å². The van der Waals surface area contributed by atoms with Crippen molar-refractivity contribution in [1.29, 1.82) is 0 Å². The highest BCUT2D eigenvalue weighted by molar-refractivity contribution is 5.39. The van der Waals surface area contributed by atoms with Crippen LogP contribution in [0.15, 0.2) is 0 Å². The van der Waals surface area contributed by atoms with E-state index < -0.39 is 0 Å².